The van der Waals surface area contributed by atoms with Crippen LogP contribution in [0.1, 0.15) is 31.7 Å². The molecule has 1 N–H and O–H groups in total. The summed E-state index contributed by atoms with van der Waals surface area (Å²) in [7, 11) is 0. The van der Waals surface area contributed by atoms with Gasteiger partial charge in [0.2, 0.25) is 0 Å². The van der Waals surface area contributed by atoms with E-state index in [-0.39, 0.29) is 46.8 Å². The van der Waals surface area contributed by atoms with Crippen LogP contribution in [0.5, 0.6) is 0 Å². The van der Waals surface area contributed by atoms with Crippen LogP contribution in [0.15, 0.2) is 46.8 Å². The number of nitro groups is 1. The van der Waals surface area contributed by atoms with Crippen LogP contribution < -0.4 is 5.32 Å². The Balaban J connectivity index is 2.58. The maximum atomic E-state index is 12.8. The highest BCUT2D eigenvalue weighted by atomic mass is 19.4. The molecule has 2 rings (SSSR count). The molecule has 1 aromatic rings. The van der Waals surface area contributed by atoms with Crippen molar-refractivity contribution >= 4 is 17.6 Å². The fourth-order valence-electron chi connectivity index (χ4n) is 3.18. The average molecular weight is 453 g/mol. The minimum Gasteiger partial charge on any atom is -0.461 e. The van der Waals surface area contributed by atoms with E-state index in [1.54, 1.807) is 6.07 Å². The van der Waals surface area contributed by atoms with Crippen molar-refractivity contribution in [3.8, 4) is 6.07 Å². The van der Waals surface area contributed by atoms with Crippen molar-refractivity contribution in [2.45, 2.75) is 32.4 Å². The zero-order valence-corrected chi connectivity index (χ0v) is 17.0. The molecular formula is C20H18F3N3O6. The number of nitriles is 1. The predicted molar refractivity (Wildman–Crippen MR) is 103 cm³/mol. The average Bonchev–Trinajstić information content (AvgIpc) is 2.71. The van der Waals surface area contributed by atoms with Gasteiger partial charge < -0.3 is 14.8 Å². The molecule has 0 amide bonds. The maximum Gasteiger partial charge on any atom is 0.422 e. The Bertz CT molecular complexity index is 1040. The van der Waals surface area contributed by atoms with Gasteiger partial charge in [-0.15, -0.1) is 0 Å². The van der Waals surface area contributed by atoms with E-state index in [9.17, 15) is 32.9 Å². The molecule has 1 unspecified atom stereocenters. The van der Waals surface area contributed by atoms with Crippen LogP contribution in [0.25, 0.3) is 0 Å². The van der Waals surface area contributed by atoms with Gasteiger partial charge in [0, 0.05) is 23.5 Å². The van der Waals surface area contributed by atoms with Crippen molar-refractivity contribution in [1.29, 1.82) is 5.26 Å². The zero-order chi connectivity index (χ0) is 24.1. The van der Waals surface area contributed by atoms with Crippen molar-refractivity contribution < 1.29 is 37.2 Å². The van der Waals surface area contributed by atoms with Gasteiger partial charge >= 0.3 is 18.1 Å². The number of carbonyl (C=O) groups excluding carboxylic acids is 2. The van der Waals surface area contributed by atoms with Crippen LogP contribution in [-0.2, 0) is 19.1 Å². The molecule has 1 aliphatic rings. The van der Waals surface area contributed by atoms with Gasteiger partial charge in [-0.3, -0.25) is 10.1 Å². The van der Waals surface area contributed by atoms with Crippen LogP contribution in [0.4, 0.5) is 18.9 Å². The molecule has 1 heterocycles. The Labute approximate surface area is 180 Å². The molecule has 0 saturated heterocycles. The molecule has 1 atom stereocenters. The minimum absolute atomic E-state index is 0.102. The molecule has 32 heavy (non-hydrogen) atoms. The zero-order valence-electron chi connectivity index (χ0n) is 17.0. The number of allylic oxidation sites excluding steroid dienone is 2. The van der Waals surface area contributed by atoms with Crippen LogP contribution in [0.2, 0.25) is 0 Å². The van der Waals surface area contributed by atoms with Crippen molar-refractivity contribution in [3.63, 3.8) is 0 Å². The summed E-state index contributed by atoms with van der Waals surface area (Å²) in [6.45, 7) is 0.766. The number of rotatable bonds is 7. The molecule has 1 aromatic carbocycles. The molecule has 0 spiro atoms. The summed E-state index contributed by atoms with van der Waals surface area (Å²) < 4.78 is 47.2. The van der Waals surface area contributed by atoms with Crippen molar-refractivity contribution in [2.24, 2.45) is 0 Å². The standard InChI is InChI=1S/C20H18F3N3O6/c1-11-15(18(27)31-8-4-7-24)17(13-5-3-6-14(9-13)26(29)30)16(12(2)25-11)19(28)32-10-20(21,22)23/h3,5-6,9,17,25H,4,8,10H2,1-2H3. The SMILES string of the molecule is CC1=C(C(=O)OCCC#N)C(c2cccc([N+](=O)[O-])c2)C(C(=O)OCC(F)(F)F)=C(C)N1. The fraction of sp³-hybridized carbons (Fsp3) is 0.350. The van der Waals surface area contributed by atoms with E-state index >= 15 is 0 Å². The second-order valence-corrected chi connectivity index (χ2v) is 6.72. The van der Waals surface area contributed by atoms with E-state index in [0.717, 1.165) is 6.07 Å². The first-order valence-electron chi connectivity index (χ1n) is 9.17. The second kappa shape index (κ2) is 9.95. The Morgan fingerprint density at radius 2 is 1.78 bits per heavy atom. The monoisotopic (exact) mass is 453 g/mol. The maximum absolute atomic E-state index is 12.8. The molecule has 1 aliphatic heterocycles. The smallest absolute Gasteiger partial charge is 0.422 e. The lowest BCUT2D eigenvalue weighted by atomic mass is 9.80. The number of hydrogen-bond donors (Lipinski definition) is 1. The summed E-state index contributed by atoms with van der Waals surface area (Å²) in [5.74, 6) is -3.58. The number of non-ortho nitro benzene ring substituents is 1. The number of benzene rings is 1. The topological polar surface area (TPSA) is 132 Å². The summed E-state index contributed by atoms with van der Waals surface area (Å²) in [5, 5.41) is 22.6. The Hall–Kier alpha value is -3.88. The van der Waals surface area contributed by atoms with Crippen LogP contribution in [-0.4, -0.2) is 36.3 Å². The number of ether oxygens (including phenoxy) is 2. The number of nitrogens with one attached hydrogen (secondary N) is 1. The lowest BCUT2D eigenvalue weighted by molar-refractivity contribution is -0.384. The summed E-state index contributed by atoms with van der Waals surface area (Å²) in [4.78, 5) is 35.9. The molecule has 0 saturated carbocycles. The molecule has 12 heteroatoms. The molecule has 170 valence electrons. The number of halogens is 3. The molecule has 0 bridgehead atoms. The first-order chi connectivity index (χ1) is 15.0. The lowest BCUT2D eigenvalue weighted by Gasteiger charge is -2.30. The summed E-state index contributed by atoms with van der Waals surface area (Å²) in [5.41, 5.74) is -0.379. The van der Waals surface area contributed by atoms with Crippen LogP contribution >= 0.6 is 0 Å². The Morgan fingerprint density at radius 1 is 1.19 bits per heavy atom. The van der Waals surface area contributed by atoms with Crippen LogP contribution in [0, 0.1) is 21.4 Å². The van der Waals surface area contributed by atoms with Crippen molar-refractivity contribution in [3.05, 3.63) is 62.5 Å². The minimum atomic E-state index is -4.78. The number of nitrogens with zero attached hydrogens (tertiary/aromatic N) is 2. The normalized spacial score (nSPS) is 16.2. The second-order valence-electron chi connectivity index (χ2n) is 6.72. The molecule has 0 fully saturated rings. The molecule has 0 aromatic heterocycles. The number of alkyl halides is 3. The number of esters is 2. The van der Waals surface area contributed by atoms with Gasteiger partial charge in [-0.1, -0.05) is 12.1 Å². The number of hydrogen-bond acceptors (Lipinski definition) is 8. The number of dihydropyridines is 1. The van der Waals surface area contributed by atoms with Gasteiger partial charge in [-0.25, -0.2) is 9.59 Å². The predicted octanol–water partition coefficient (Wildman–Crippen LogP) is 3.39. The van der Waals surface area contributed by atoms with E-state index in [4.69, 9.17) is 10.00 Å². The number of carbonyl (C=O) groups is 2. The largest absolute Gasteiger partial charge is 0.461 e. The Kier molecular flexibility index (Phi) is 7.58. The third-order valence-electron chi connectivity index (χ3n) is 4.43. The summed E-state index contributed by atoms with van der Waals surface area (Å²) in [6.07, 6.45) is -4.89. The van der Waals surface area contributed by atoms with Crippen molar-refractivity contribution in [1.82, 2.24) is 5.32 Å². The van der Waals surface area contributed by atoms with Gasteiger partial charge in [-0.05, 0) is 19.4 Å². The van der Waals surface area contributed by atoms with Gasteiger partial charge in [0.05, 0.1) is 34.5 Å². The van der Waals surface area contributed by atoms with E-state index in [1.165, 1.54) is 32.0 Å². The van der Waals surface area contributed by atoms with Crippen molar-refractivity contribution in [2.75, 3.05) is 13.2 Å². The first-order valence-corrected chi connectivity index (χ1v) is 9.17. The molecule has 0 radical (unpaired) electrons. The van der Waals surface area contributed by atoms with E-state index < -0.39 is 35.6 Å². The van der Waals surface area contributed by atoms with Gasteiger partial charge in [-0.2, -0.15) is 18.4 Å². The van der Waals surface area contributed by atoms with Crippen LogP contribution in [0.3, 0.4) is 0 Å². The third kappa shape index (κ3) is 5.84. The first kappa shape index (κ1) is 24.4. The number of nitro benzene ring substituents is 1. The molecular weight excluding hydrogens is 435 g/mol. The fourth-order valence-corrected chi connectivity index (χ4v) is 3.18. The summed E-state index contributed by atoms with van der Waals surface area (Å²) in [6, 6.07) is 6.79. The highest BCUT2D eigenvalue weighted by Crippen LogP contribution is 2.40. The van der Waals surface area contributed by atoms with E-state index in [2.05, 4.69) is 10.1 Å². The quantitative estimate of drug-likeness (QED) is 0.288. The molecule has 0 aliphatic carbocycles. The Morgan fingerprint density at radius 3 is 2.31 bits per heavy atom. The lowest BCUT2D eigenvalue weighted by Crippen LogP contribution is -2.33. The summed E-state index contributed by atoms with van der Waals surface area (Å²) >= 11 is 0. The van der Waals surface area contributed by atoms with E-state index in [1.807, 2.05) is 0 Å². The van der Waals surface area contributed by atoms with Gasteiger partial charge in [0.15, 0.2) is 6.61 Å². The molecule has 9 nitrogen and oxygen atoms in total. The highest BCUT2D eigenvalue weighted by molar-refractivity contribution is 6.00. The third-order valence-corrected chi connectivity index (χ3v) is 4.43. The van der Waals surface area contributed by atoms with E-state index in [0.29, 0.717) is 0 Å². The highest BCUT2D eigenvalue weighted by Gasteiger charge is 2.40. The van der Waals surface area contributed by atoms with Gasteiger partial charge in [0.1, 0.15) is 6.61 Å². The van der Waals surface area contributed by atoms with Gasteiger partial charge in [0.25, 0.3) is 5.69 Å².